The van der Waals surface area contributed by atoms with Gasteiger partial charge in [-0.25, -0.2) is 39.6 Å². The highest BCUT2D eigenvalue weighted by molar-refractivity contribution is 7.19. The number of halogens is 3. The molecule has 2 amide bonds. The molecule has 0 spiro atoms. The molecule has 0 atom stereocenters. The van der Waals surface area contributed by atoms with Gasteiger partial charge in [-0.1, -0.05) is 0 Å². The van der Waals surface area contributed by atoms with E-state index >= 15 is 0 Å². The highest BCUT2D eigenvalue weighted by Crippen LogP contribution is 2.43. The first kappa shape index (κ1) is 25.2. The standard InChI is InChI=1S/C21H14F3N9O3S2/c1-2-25-19(34)30-12-6-9(17-29-11(8-37-17)21(22,23)24)10(7-28-12)18-31-13(15-26-4-3-5-27-15)14(38-18)16-32-33-20(35)36-16/h3-8H,2H2,1H3,(H,33,35)(H2,25,28,30,34). The maximum Gasteiger partial charge on any atom is 0.434 e. The van der Waals surface area contributed by atoms with Crippen molar-refractivity contribution in [3.63, 3.8) is 0 Å². The monoisotopic (exact) mass is 561 g/mol. The highest BCUT2D eigenvalue weighted by Gasteiger charge is 2.34. The molecule has 5 aromatic rings. The molecule has 0 fully saturated rings. The van der Waals surface area contributed by atoms with Crippen LogP contribution >= 0.6 is 22.7 Å². The summed E-state index contributed by atoms with van der Waals surface area (Å²) in [5, 5.41) is 12.3. The summed E-state index contributed by atoms with van der Waals surface area (Å²) in [5.74, 6) is -0.576. The Balaban J connectivity index is 1.68. The summed E-state index contributed by atoms with van der Waals surface area (Å²) in [6.07, 6.45) is -0.304. The molecule has 12 nitrogen and oxygen atoms in total. The molecule has 0 saturated carbocycles. The van der Waals surface area contributed by atoms with Gasteiger partial charge < -0.3 is 9.73 Å². The molecule has 5 aromatic heterocycles. The number of carbonyl (C=O) groups excluding carboxylic acids is 1. The Labute approximate surface area is 218 Å². The molecule has 17 heteroatoms. The second-order valence-electron chi connectivity index (χ2n) is 7.32. The number of thiazole rings is 2. The number of H-pyrrole nitrogens is 1. The topological polar surface area (TPSA) is 164 Å². The summed E-state index contributed by atoms with van der Waals surface area (Å²) in [6.45, 7) is 2.08. The number of amides is 2. The van der Waals surface area contributed by atoms with Crippen LogP contribution in [0.2, 0.25) is 0 Å². The van der Waals surface area contributed by atoms with E-state index in [1.807, 2.05) is 0 Å². The number of aromatic amines is 1. The summed E-state index contributed by atoms with van der Waals surface area (Å²) in [7, 11) is 0. The lowest BCUT2D eigenvalue weighted by Crippen LogP contribution is -2.28. The summed E-state index contributed by atoms with van der Waals surface area (Å²) in [5.41, 5.74) is -0.293. The molecule has 0 radical (unpaired) electrons. The van der Waals surface area contributed by atoms with Crippen LogP contribution in [0, 0.1) is 0 Å². The van der Waals surface area contributed by atoms with Crippen LogP contribution in [0.3, 0.4) is 0 Å². The van der Waals surface area contributed by atoms with E-state index in [1.54, 1.807) is 13.0 Å². The number of carbonyl (C=O) groups is 1. The van der Waals surface area contributed by atoms with Crippen molar-refractivity contribution in [1.82, 2.24) is 40.4 Å². The van der Waals surface area contributed by atoms with E-state index in [2.05, 4.69) is 45.8 Å². The van der Waals surface area contributed by atoms with Crippen molar-refractivity contribution in [2.45, 2.75) is 13.1 Å². The van der Waals surface area contributed by atoms with Crippen molar-refractivity contribution in [2.75, 3.05) is 11.9 Å². The van der Waals surface area contributed by atoms with E-state index in [4.69, 9.17) is 4.42 Å². The molecule has 38 heavy (non-hydrogen) atoms. The molecule has 0 saturated heterocycles. The van der Waals surface area contributed by atoms with Gasteiger partial charge in [0.05, 0.1) is 0 Å². The average molecular weight is 562 g/mol. The number of hydrogen-bond acceptors (Lipinski definition) is 11. The Bertz CT molecular complexity index is 1660. The number of rotatable bonds is 6. The smallest absolute Gasteiger partial charge is 0.387 e. The quantitative estimate of drug-likeness (QED) is 0.274. The molecule has 0 aromatic carbocycles. The van der Waals surface area contributed by atoms with Gasteiger partial charge in [0.25, 0.3) is 5.89 Å². The number of hydrogen-bond donors (Lipinski definition) is 3. The van der Waals surface area contributed by atoms with E-state index in [-0.39, 0.29) is 38.8 Å². The van der Waals surface area contributed by atoms with Crippen LogP contribution in [0.4, 0.5) is 23.8 Å². The molecule has 3 N–H and O–H groups in total. The van der Waals surface area contributed by atoms with Crippen molar-refractivity contribution in [3.05, 3.63) is 52.3 Å². The maximum atomic E-state index is 13.3. The number of urea groups is 1. The van der Waals surface area contributed by atoms with Crippen LogP contribution < -0.4 is 16.4 Å². The van der Waals surface area contributed by atoms with Crippen molar-refractivity contribution in [3.8, 4) is 43.4 Å². The molecule has 0 aliphatic carbocycles. The lowest BCUT2D eigenvalue weighted by Gasteiger charge is -2.09. The minimum absolute atomic E-state index is 0.0224. The molecular formula is C21H14F3N9O3S2. The van der Waals surface area contributed by atoms with Crippen LogP contribution in [0.1, 0.15) is 12.6 Å². The van der Waals surface area contributed by atoms with Crippen LogP contribution in [-0.2, 0) is 6.18 Å². The molecule has 0 unspecified atom stereocenters. The molecule has 0 aliphatic heterocycles. The Morgan fingerprint density at radius 2 is 1.92 bits per heavy atom. The van der Waals surface area contributed by atoms with Gasteiger partial charge in [-0.05, 0) is 19.1 Å². The molecule has 5 heterocycles. The highest BCUT2D eigenvalue weighted by atomic mass is 32.1. The number of pyridine rings is 1. The first-order valence-electron chi connectivity index (χ1n) is 10.7. The van der Waals surface area contributed by atoms with Gasteiger partial charge in [-0.3, -0.25) is 5.32 Å². The summed E-state index contributed by atoms with van der Waals surface area (Å²) in [4.78, 5) is 44.9. The lowest BCUT2D eigenvalue weighted by atomic mass is 10.1. The normalized spacial score (nSPS) is 11.5. The minimum Gasteiger partial charge on any atom is -0.387 e. The van der Waals surface area contributed by atoms with Crippen LogP contribution in [0.25, 0.3) is 43.4 Å². The average Bonchev–Trinajstić information content (AvgIpc) is 3.64. The number of alkyl halides is 3. The fourth-order valence-electron chi connectivity index (χ4n) is 3.20. The fourth-order valence-corrected chi connectivity index (χ4v) is 5.07. The van der Waals surface area contributed by atoms with Crippen molar-refractivity contribution in [1.29, 1.82) is 0 Å². The van der Waals surface area contributed by atoms with Gasteiger partial charge in [-0.2, -0.15) is 13.2 Å². The Kier molecular flexibility index (Phi) is 6.68. The van der Waals surface area contributed by atoms with Gasteiger partial charge in [0.1, 0.15) is 26.4 Å². The Hall–Kier alpha value is -4.51. The minimum atomic E-state index is -4.65. The first-order chi connectivity index (χ1) is 18.2. The third-order valence-corrected chi connectivity index (χ3v) is 6.73. The number of aromatic nitrogens is 7. The Morgan fingerprint density at radius 3 is 2.58 bits per heavy atom. The van der Waals surface area contributed by atoms with Crippen molar-refractivity contribution < 1.29 is 22.4 Å². The molecule has 5 rings (SSSR count). The van der Waals surface area contributed by atoms with Crippen molar-refractivity contribution >= 4 is 34.5 Å². The zero-order valence-corrected chi connectivity index (χ0v) is 20.7. The van der Waals surface area contributed by atoms with Gasteiger partial charge in [0, 0.05) is 41.6 Å². The van der Waals surface area contributed by atoms with E-state index < -0.39 is 23.7 Å². The van der Waals surface area contributed by atoms with Crippen LogP contribution in [-0.4, -0.2) is 47.7 Å². The molecule has 194 valence electrons. The van der Waals surface area contributed by atoms with Crippen LogP contribution in [0.5, 0.6) is 0 Å². The van der Waals surface area contributed by atoms with E-state index in [1.165, 1.54) is 24.7 Å². The van der Waals surface area contributed by atoms with Crippen LogP contribution in [0.15, 0.2) is 45.3 Å². The van der Waals surface area contributed by atoms with E-state index in [9.17, 15) is 22.8 Å². The van der Waals surface area contributed by atoms with Gasteiger partial charge in [0.2, 0.25) is 0 Å². The fraction of sp³-hybridized carbons (Fsp3) is 0.143. The third-order valence-electron chi connectivity index (χ3n) is 4.78. The summed E-state index contributed by atoms with van der Waals surface area (Å²) in [6, 6.07) is 2.47. The second kappa shape index (κ2) is 10.1. The molecule has 0 bridgehead atoms. The summed E-state index contributed by atoms with van der Waals surface area (Å²) >= 11 is 1.80. The van der Waals surface area contributed by atoms with Gasteiger partial charge in [0.15, 0.2) is 11.5 Å². The first-order valence-corrected chi connectivity index (χ1v) is 12.3. The predicted octanol–water partition coefficient (Wildman–Crippen LogP) is 4.29. The molecule has 0 aliphatic rings. The third kappa shape index (κ3) is 5.14. The number of nitrogens with zero attached hydrogens (tertiary/aromatic N) is 6. The zero-order chi connectivity index (χ0) is 26.9. The second-order valence-corrected chi connectivity index (χ2v) is 9.18. The van der Waals surface area contributed by atoms with Crippen molar-refractivity contribution in [2.24, 2.45) is 0 Å². The SMILES string of the molecule is CCNC(=O)Nc1cc(-c2nc(C(F)(F)F)cs2)c(-c2nc(-c3ncccn3)c(-c3n[nH]c(=O)o3)s2)cn1. The van der Waals surface area contributed by atoms with Gasteiger partial charge in [-0.15, -0.1) is 27.8 Å². The van der Waals surface area contributed by atoms with E-state index in [0.717, 1.165) is 28.1 Å². The largest absolute Gasteiger partial charge is 0.434 e. The number of anilines is 1. The number of nitrogens with one attached hydrogen (secondary N) is 3. The van der Waals surface area contributed by atoms with E-state index in [0.29, 0.717) is 17.0 Å². The lowest BCUT2D eigenvalue weighted by molar-refractivity contribution is -0.140. The molecular weight excluding hydrogens is 547 g/mol. The summed E-state index contributed by atoms with van der Waals surface area (Å²) < 4.78 is 45.0. The maximum absolute atomic E-state index is 13.3. The van der Waals surface area contributed by atoms with Gasteiger partial charge >= 0.3 is 18.0 Å². The predicted molar refractivity (Wildman–Crippen MR) is 131 cm³/mol. The zero-order valence-electron chi connectivity index (χ0n) is 19.0. The Morgan fingerprint density at radius 1 is 1.13 bits per heavy atom.